The van der Waals surface area contributed by atoms with Crippen molar-refractivity contribution in [2.75, 3.05) is 0 Å². The lowest BCUT2D eigenvalue weighted by atomic mass is 10.1. The number of non-ortho nitro benzene ring substituents is 1. The van der Waals surface area contributed by atoms with Gasteiger partial charge in [0.1, 0.15) is 0 Å². The van der Waals surface area contributed by atoms with Crippen molar-refractivity contribution >= 4 is 16.6 Å². The van der Waals surface area contributed by atoms with Crippen molar-refractivity contribution in [1.82, 2.24) is 4.57 Å². The topological polar surface area (TPSA) is 48.1 Å². The van der Waals surface area contributed by atoms with E-state index in [1.54, 1.807) is 12.1 Å². The van der Waals surface area contributed by atoms with Gasteiger partial charge in [0.2, 0.25) is 0 Å². The molecule has 4 nitrogen and oxygen atoms in total. The number of nitro groups is 1. The Kier molecular flexibility index (Phi) is 2.78. The fraction of sp³-hybridized carbons (Fsp3) is 0.429. The molecule has 2 aromatic rings. The molecule has 94 valence electrons. The minimum Gasteiger partial charge on any atom is -0.347 e. The van der Waals surface area contributed by atoms with Crippen molar-refractivity contribution < 1.29 is 4.92 Å². The van der Waals surface area contributed by atoms with Crippen LogP contribution in [-0.4, -0.2) is 9.49 Å². The van der Waals surface area contributed by atoms with Crippen LogP contribution in [0.15, 0.2) is 30.5 Å². The van der Waals surface area contributed by atoms with Crippen molar-refractivity contribution in [2.45, 2.75) is 32.2 Å². The summed E-state index contributed by atoms with van der Waals surface area (Å²) in [5.41, 5.74) is 1.19. The summed E-state index contributed by atoms with van der Waals surface area (Å²) in [4.78, 5) is 10.7. The van der Waals surface area contributed by atoms with Crippen molar-refractivity contribution in [3.05, 3.63) is 40.6 Å². The number of rotatable bonds is 3. The highest BCUT2D eigenvalue weighted by Gasteiger charge is 2.18. The highest BCUT2D eigenvalue weighted by Crippen LogP contribution is 2.30. The molecule has 1 fully saturated rings. The molecule has 0 bridgehead atoms. The molecule has 1 aromatic heterocycles. The van der Waals surface area contributed by atoms with Gasteiger partial charge in [-0.15, -0.1) is 0 Å². The average molecular weight is 244 g/mol. The Morgan fingerprint density at radius 1 is 1.28 bits per heavy atom. The molecule has 1 aromatic carbocycles. The van der Waals surface area contributed by atoms with Gasteiger partial charge in [-0.1, -0.05) is 18.9 Å². The molecule has 0 unspecified atom stereocenters. The summed E-state index contributed by atoms with van der Waals surface area (Å²) in [7, 11) is 0. The molecule has 0 saturated heterocycles. The number of fused-ring (bicyclic) bond motifs is 1. The Labute approximate surface area is 105 Å². The lowest BCUT2D eigenvalue weighted by Crippen LogP contribution is -2.05. The quantitative estimate of drug-likeness (QED) is 0.610. The normalized spacial score (nSPS) is 16.4. The second kappa shape index (κ2) is 4.44. The number of hydrogen-bond donors (Lipinski definition) is 0. The average Bonchev–Trinajstić information content (AvgIpc) is 2.99. The van der Waals surface area contributed by atoms with E-state index < -0.39 is 0 Å². The van der Waals surface area contributed by atoms with Gasteiger partial charge in [-0.25, -0.2) is 0 Å². The van der Waals surface area contributed by atoms with Crippen LogP contribution in [0.25, 0.3) is 10.9 Å². The summed E-state index contributed by atoms with van der Waals surface area (Å²) in [6.45, 7) is 0.991. The zero-order valence-electron chi connectivity index (χ0n) is 10.2. The molecule has 4 heteroatoms. The maximum atomic E-state index is 11.0. The summed E-state index contributed by atoms with van der Waals surface area (Å²) in [5.74, 6) is 0.736. The first-order valence-corrected chi connectivity index (χ1v) is 6.48. The van der Waals surface area contributed by atoms with E-state index in [4.69, 9.17) is 0 Å². The largest absolute Gasteiger partial charge is 0.347 e. The van der Waals surface area contributed by atoms with Crippen LogP contribution < -0.4 is 0 Å². The van der Waals surface area contributed by atoms with E-state index in [9.17, 15) is 10.1 Å². The molecule has 1 aliphatic rings. The molecule has 0 radical (unpaired) electrons. The zero-order valence-corrected chi connectivity index (χ0v) is 10.2. The van der Waals surface area contributed by atoms with Crippen molar-refractivity contribution in [3.8, 4) is 0 Å². The number of nitrogens with zero attached hydrogens (tertiary/aromatic N) is 2. The Hall–Kier alpha value is -1.84. The van der Waals surface area contributed by atoms with Crippen LogP contribution in [0.5, 0.6) is 0 Å². The molecule has 0 spiro atoms. The van der Waals surface area contributed by atoms with Crippen LogP contribution in [0.1, 0.15) is 25.7 Å². The Balaban J connectivity index is 1.98. The Morgan fingerprint density at radius 3 is 2.78 bits per heavy atom. The van der Waals surface area contributed by atoms with Gasteiger partial charge >= 0.3 is 0 Å². The van der Waals surface area contributed by atoms with Gasteiger partial charge in [0.15, 0.2) is 0 Å². The molecular formula is C14H16N2O2. The van der Waals surface area contributed by atoms with Crippen LogP contribution in [0.3, 0.4) is 0 Å². The minimum absolute atomic E-state index is 0.206. The van der Waals surface area contributed by atoms with Crippen LogP contribution in [0, 0.1) is 16.0 Å². The van der Waals surface area contributed by atoms with Crippen molar-refractivity contribution in [3.63, 3.8) is 0 Å². The predicted octanol–water partition coefficient (Wildman–Crippen LogP) is 3.74. The molecule has 0 amide bonds. The third-order valence-corrected chi connectivity index (χ3v) is 3.92. The molecular weight excluding hydrogens is 228 g/mol. The lowest BCUT2D eigenvalue weighted by Gasteiger charge is -2.11. The Morgan fingerprint density at radius 2 is 2.06 bits per heavy atom. The summed E-state index contributed by atoms with van der Waals surface area (Å²) in [6.07, 6.45) is 7.20. The molecule has 1 saturated carbocycles. The van der Waals surface area contributed by atoms with E-state index >= 15 is 0 Å². The number of aromatic nitrogens is 1. The summed E-state index contributed by atoms with van der Waals surface area (Å²) >= 11 is 0. The van der Waals surface area contributed by atoms with Gasteiger partial charge in [0.05, 0.1) is 15.8 Å². The van der Waals surface area contributed by atoms with E-state index in [1.165, 1.54) is 25.7 Å². The van der Waals surface area contributed by atoms with Crippen LogP contribution in [0.4, 0.5) is 5.69 Å². The molecule has 0 aliphatic heterocycles. The summed E-state index contributed by atoms with van der Waals surface area (Å²) < 4.78 is 2.16. The van der Waals surface area contributed by atoms with Crippen molar-refractivity contribution in [2.24, 2.45) is 5.92 Å². The lowest BCUT2D eigenvalue weighted by molar-refractivity contribution is -0.383. The first-order valence-electron chi connectivity index (χ1n) is 6.48. The SMILES string of the molecule is O=[N+]([O-])c1cccc2c1ccn2CC1CCCC1. The maximum absolute atomic E-state index is 11.0. The van der Waals surface area contributed by atoms with Gasteiger partial charge in [-0.2, -0.15) is 0 Å². The highest BCUT2D eigenvalue weighted by molar-refractivity contribution is 5.89. The van der Waals surface area contributed by atoms with E-state index in [0.717, 1.165) is 23.4 Å². The minimum atomic E-state index is -0.303. The van der Waals surface area contributed by atoms with Crippen LogP contribution in [0.2, 0.25) is 0 Å². The standard InChI is InChI=1S/C14H16N2O2/c17-16(18)14-7-3-6-13-12(14)8-9-15(13)10-11-4-1-2-5-11/h3,6-9,11H,1-2,4-5,10H2. The first kappa shape index (κ1) is 11.3. The van der Waals surface area contributed by atoms with Gasteiger partial charge in [-0.05, 0) is 30.9 Å². The second-order valence-electron chi connectivity index (χ2n) is 5.09. The van der Waals surface area contributed by atoms with Gasteiger partial charge < -0.3 is 4.57 Å². The molecule has 1 heterocycles. The van der Waals surface area contributed by atoms with Gasteiger partial charge in [0.25, 0.3) is 5.69 Å². The fourth-order valence-electron chi connectivity index (χ4n) is 3.00. The van der Waals surface area contributed by atoms with E-state index in [-0.39, 0.29) is 10.6 Å². The molecule has 3 rings (SSSR count). The molecule has 0 atom stereocenters. The van der Waals surface area contributed by atoms with Gasteiger partial charge in [0, 0.05) is 18.8 Å². The van der Waals surface area contributed by atoms with Gasteiger partial charge in [-0.3, -0.25) is 10.1 Å². The third-order valence-electron chi connectivity index (χ3n) is 3.92. The maximum Gasteiger partial charge on any atom is 0.278 e. The predicted molar refractivity (Wildman–Crippen MR) is 70.6 cm³/mol. The smallest absolute Gasteiger partial charge is 0.278 e. The Bertz CT molecular complexity index is 582. The molecule has 18 heavy (non-hydrogen) atoms. The van der Waals surface area contributed by atoms with Crippen LogP contribution >= 0.6 is 0 Å². The van der Waals surface area contributed by atoms with Crippen LogP contribution in [-0.2, 0) is 6.54 Å². The number of hydrogen-bond acceptors (Lipinski definition) is 2. The highest BCUT2D eigenvalue weighted by atomic mass is 16.6. The monoisotopic (exact) mass is 244 g/mol. The fourth-order valence-corrected chi connectivity index (χ4v) is 3.00. The van der Waals surface area contributed by atoms with E-state index in [2.05, 4.69) is 4.57 Å². The van der Waals surface area contributed by atoms with E-state index in [1.807, 2.05) is 18.3 Å². The first-order chi connectivity index (χ1) is 8.75. The number of benzene rings is 1. The summed E-state index contributed by atoms with van der Waals surface area (Å²) in [6, 6.07) is 7.17. The second-order valence-corrected chi connectivity index (χ2v) is 5.09. The number of nitro benzene ring substituents is 1. The zero-order chi connectivity index (χ0) is 12.5. The summed E-state index contributed by atoms with van der Waals surface area (Å²) in [5, 5.41) is 11.7. The third kappa shape index (κ3) is 1.88. The van der Waals surface area contributed by atoms with E-state index in [0.29, 0.717) is 0 Å². The van der Waals surface area contributed by atoms with Crippen molar-refractivity contribution in [1.29, 1.82) is 0 Å². The molecule has 1 aliphatic carbocycles. The molecule has 0 N–H and O–H groups in total.